The Balaban J connectivity index is 2.50. The van der Waals surface area contributed by atoms with Gasteiger partial charge in [-0.05, 0) is 28.9 Å². The molecule has 0 spiro atoms. The second-order valence-electron chi connectivity index (χ2n) is 6.27. The highest BCUT2D eigenvalue weighted by molar-refractivity contribution is 5.91. The fourth-order valence-corrected chi connectivity index (χ4v) is 2.57. The quantitative estimate of drug-likeness (QED) is 0.890. The van der Waals surface area contributed by atoms with Crippen molar-refractivity contribution >= 4 is 10.8 Å². The van der Waals surface area contributed by atoms with E-state index < -0.39 is 0 Å². The minimum Gasteiger partial charge on any atom is -0.496 e. The zero-order valence-corrected chi connectivity index (χ0v) is 12.2. The molecule has 0 aliphatic heterocycles. The average molecular weight is 257 g/mol. The van der Waals surface area contributed by atoms with Crippen molar-refractivity contribution in [1.82, 2.24) is 0 Å². The van der Waals surface area contributed by atoms with Crippen molar-refractivity contribution < 1.29 is 4.74 Å². The lowest BCUT2D eigenvalue weighted by atomic mass is 9.84. The summed E-state index contributed by atoms with van der Waals surface area (Å²) in [5.74, 6) is 0.905. The van der Waals surface area contributed by atoms with Gasteiger partial charge in [-0.1, -0.05) is 51.1 Å². The predicted octanol–water partition coefficient (Wildman–Crippen LogP) is 4.28. The predicted molar refractivity (Wildman–Crippen MR) is 81.5 cm³/mol. The first-order valence-electron chi connectivity index (χ1n) is 6.73. The second-order valence-corrected chi connectivity index (χ2v) is 6.27. The smallest absolute Gasteiger partial charge is 0.126 e. The van der Waals surface area contributed by atoms with Crippen LogP contribution >= 0.6 is 0 Å². The van der Waals surface area contributed by atoms with E-state index in [-0.39, 0.29) is 11.5 Å². The molecule has 0 bridgehead atoms. The molecule has 2 aromatic carbocycles. The second kappa shape index (κ2) is 5.22. The van der Waals surface area contributed by atoms with E-state index in [0.717, 1.165) is 17.6 Å². The van der Waals surface area contributed by atoms with Gasteiger partial charge in [-0.3, -0.25) is 0 Å². The van der Waals surface area contributed by atoms with Gasteiger partial charge in [0.15, 0.2) is 0 Å². The highest BCUT2D eigenvalue weighted by Crippen LogP contribution is 2.35. The summed E-state index contributed by atoms with van der Waals surface area (Å²) >= 11 is 0. The van der Waals surface area contributed by atoms with Crippen molar-refractivity contribution in [3.8, 4) is 5.75 Å². The Bertz CT molecular complexity index is 569. The van der Waals surface area contributed by atoms with Crippen LogP contribution in [-0.4, -0.2) is 7.11 Å². The first-order valence-corrected chi connectivity index (χ1v) is 6.73. The van der Waals surface area contributed by atoms with E-state index in [2.05, 4.69) is 45.0 Å². The van der Waals surface area contributed by atoms with Crippen molar-refractivity contribution in [3.63, 3.8) is 0 Å². The number of fused-ring (bicyclic) bond motifs is 1. The van der Waals surface area contributed by atoms with E-state index in [1.807, 2.05) is 12.1 Å². The van der Waals surface area contributed by atoms with Crippen molar-refractivity contribution in [2.24, 2.45) is 11.1 Å². The number of benzene rings is 2. The maximum absolute atomic E-state index is 6.40. The maximum atomic E-state index is 6.40. The molecule has 19 heavy (non-hydrogen) atoms. The molecule has 2 nitrogen and oxygen atoms in total. The molecule has 2 heteroatoms. The molecular weight excluding hydrogens is 234 g/mol. The van der Waals surface area contributed by atoms with E-state index in [1.54, 1.807) is 7.11 Å². The molecule has 2 N–H and O–H groups in total. The normalized spacial score (nSPS) is 13.5. The molecule has 0 heterocycles. The lowest BCUT2D eigenvalue weighted by Gasteiger charge is -2.24. The lowest BCUT2D eigenvalue weighted by Crippen LogP contribution is -2.19. The molecule has 0 aliphatic carbocycles. The third-order valence-corrected chi connectivity index (χ3v) is 3.37. The van der Waals surface area contributed by atoms with Crippen LogP contribution in [0.2, 0.25) is 0 Å². The van der Waals surface area contributed by atoms with Gasteiger partial charge in [0.1, 0.15) is 5.75 Å². The summed E-state index contributed by atoms with van der Waals surface area (Å²) < 4.78 is 5.42. The summed E-state index contributed by atoms with van der Waals surface area (Å²) in [4.78, 5) is 0. The van der Waals surface area contributed by atoms with Crippen LogP contribution in [0.1, 0.15) is 38.8 Å². The Hall–Kier alpha value is -1.54. The van der Waals surface area contributed by atoms with Gasteiger partial charge >= 0.3 is 0 Å². The lowest BCUT2D eigenvalue weighted by molar-refractivity contribution is 0.343. The zero-order chi connectivity index (χ0) is 14.0. The van der Waals surface area contributed by atoms with Crippen molar-refractivity contribution in [2.75, 3.05) is 7.11 Å². The third-order valence-electron chi connectivity index (χ3n) is 3.37. The highest BCUT2D eigenvalue weighted by atomic mass is 16.5. The third kappa shape index (κ3) is 3.07. The Morgan fingerprint density at radius 2 is 1.68 bits per heavy atom. The zero-order valence-electron chi connectivity index (χ0n) is 12.2. The van der Waals surface area contributed by atoms with Crippen molar-refractivity contribution in [2.45, 2.75) is 33.2 Å². The van der Waals surface area contributed by atoms with Gasteiger partial charge < -0.3 is 10.5 Å². The van der Waals surface area contributed by atoms with Gasteiger partial charge in [-0.2, -0.15) is 0 Å². The molecule has 0 saturated carbocycles. The first kappa shape index (κ1) is 13.9. The van der Waals surface area contributed by atoms with E-state index >= 15 is 0 Å². The summed E-state index contributed by atoms with van der Waals surface area (Å²) in [5.41, 5.74) is 7.82. The van der Waals surface area contributed by atoms with Gasteiger partial charge in [-0.25, -0.2) is 0 Å². The van der Waals surface area contributed by atoms with E-state index in [4.69, 9.17) is 10.5 Å². The molecule has 0 aliphatic rings. The van der Waals surface area contributed by atoms with Crippen LogP contribution in [0.5, 0.6) is 5.75 Å². The Labute approximate surface area is 115 Å². The van der Waals surface area contributed by atoms with Crippen molar-refractivity contribution in [3.05, 3.63) is 42.0 Å². The van der Waals surface area contributed by atoms with Gasteiger partial charge in [0.05, 0.1) is 7.11 Å². The Morgan fingerprint density at radius 1 is 1.05 bits per heavy atom. The summed E-state index contributed by atoms with van der Waals surface area (Å²) in [6.45, 7) is 6.66. The number of nitrogens with two attached hydrogens (primary N) is 1. The van der Waals surface area contributed by atoms with Crippen LogP contribution in [-0.2, 0) is 0 Å². The van der Waals surface area contributed by atoms with Gasteiger partial charge in [0.2, 0.25) is 0 Å². The van der Waals surface area contributed by atoms with Gasteiger partial charge in [-0.15, -0.1) is 0 Å². The van der Waals surface area contributed by atoms with Crippen LogP contribution < -0.4 is 10.5 Å². The number of hydrogen-bond acceptors (Lipinski definition) is 2. The number of hydrogen-bond donors (Lipinski definition) is 1. The Morgan fingerprint density at radius 3 is 2.26 bits per heavy atom. The molecule has 1 unspecified atom stereocenters. The molecule has 0 saturated heterocycles. The molecule has 0 aromatic heterocycles. The SMILES string of the molecule is COc1ccc(C(N)CC(C)(C)C)c2ccccc12. The molecule has 2 rings (SSSR count). The Kier molecular flexibility index (Phi) is 3.81. The molecule has 0 radical (unpaired) electrons. The highest BCUT2D eigenvalue weighted by Gasteiger charge is 2.19. The summed E-state index contributed by atoms with van der Waals surface area (Å²) in [6.07, 6.45) is 0.962. The topological polar surface area (TPSA) is 35.2 Å². The van der Waals surface area contributed by atoms with E-state index in [1.165, 1.54) is 10.9 Å². The van der Waals surface area contributed by atoms with E-state index in [9.17, 15) is 0 Å². The molecule has 2 aromatic rings. The summed E-state index contributed by atoms with van der Waals surface area (Å²) in [6, 6.07) is 12.4. The number of ether oxygens (including phenoxy) is 1. The molecule has 1 atom stereocenters. The molecule has 0 amide bonds. The standard InChI is InChI=1S/C17H23NO/c1-17(2,3)11-15(18)13-9-10-16(19-4)14-8-6-5-7-12(13)14/h5-10,15H,11,18H2,1-4H3. The largest absolute Gasteiger partial charge is 0.496 e. The maximum Gasteiger partial charge on any atom is 0.126 e. The minimum atomic E-state index is 0.0517. The summed E-state index contributed by atoms with van der Waals surface area (Å²) in [5, 5.41) is 2.32. The fourth-order valence-electron chi connectivity index (χ4n) is 2.57. The summed E-state index contributed by atoms with van der Waals surface area (Å²) in [7, 11) is 1.70. The van der Waals surface area contributed by atoms with E-state index in [0.29, 0.717) is 0 Å². The monoisotopic (exact) mass is 257 g/mol. The van der Waals surface area contributed by atoms with Crippen LogP contribution in [0.15, 0.2) is 36.4 Å². The minimum absolute atomic E-state index is 0.0517. The average Bonchev–Trinajstić information content (AvgIpc) is 2.35. The van der Waals surface area contributed by atoms with Crippen molar-refractivity contribution in [1.29, 1.82) is 0 Å². The van der Waals surface area contributed by atoms with Crippen LogP contribution in [0, 0.1) is 5.41 Å². The van der Waals surface area contributed by atoms with Crippen LogP contribution in [0.25, 0.3) is 10.8 Å². The molecule has 102 valence electrons. The van der Waals surface area contributed by atoms with Gasteiger partial charge in [0.25, 0.3) is 0 Å². The van der Waals surface area contributed by atoms with Gasteiger partial charge in [0, 0.05) is 11.4 Å². The van der Waals surface area contributed by atoms with Crippen LogP contribution in [0.3, 0.4) is 0 Å². The fraction of sp³-hybridized carbons (Fsp3) is 0.412. The molecule has 0 fully saturated rings. The van der Waals surface area contributed by atoms with Crippen LogP contribution in [0.4, 0.5) is 0 Å². The molecular formula is C17H23NO. The first-order chi connectivity index (χ1) is 8.92. The number of methoxy groups -OCH3 is 1. The number of rotatable bonds is 3.